The van der Waals surface area contributed by atoms with Crippen molar-refractivity contribution in [3.05, 3.63) is 24.3 Å². The van der Waals surface area contributed by atoms with Crippen LogP contribution in [0.1, 0.15) is 47.5 Å². The van der Waals surface area contributed by atoms with Crippen molar-refractivity contribution in [3.8, 4) is 11.8 Å². The fourth-order valence-corrected chi connectivity index (χ4v) is 3.18. The standard InChI is InChI=1S/C22H32N4O3/c1-6-16(7-2)24-21(28)19-12-26(17-10-8-9-11-18(17)29-19)13-20(27)25-22(5,14-23)15(3)4/h8-11,15-16,19H,6-7,12-13H2,1-5H3,(H,24,28)(H,25,27). The summed E-state index contributed by atoms with van der Waals surface area (Å²) in [5, 5.41) is 15.3. The van der Waals surface area contributed by atoms with Crippen LogP contribution in [-0.4, -0.2) is 42.6 Å². The Bertz CT molecular complexity index is 770. The fraction of sp³-hybridized carbons (Fsp3) is 0.591. The van der Waals surface area contributed by atoms with Crippen LogP contribution in [0.5, 0.6) is 5.75 Å². The zero-order chi connectivity index (χ0) is 21.6. The minimum atomic E-state index is -0.949. The maximum atomic E-state index is 12.7. The summed E-state index contributed by atoms with van der Waals surface area (Å²) >= 11 is 0. The number of hydrogen-bond acceptors (Lipinski definition) is 5. The average molecular weight is 401 g/mol. The largest absolute Gasteiger partial charge is 0.477 e. The molecule has 2 rings (SSSR count). The molecule has 2 unspecified atom stereocenters. The van der Waals surface area contributed by atoms with Crippen molar-refractivity contribution in [1.82, 2.24) is 10.6 Å². The molecule has 0 spiro atoms. The van der Waals surface area contributed by atoms with E-state index >= 15 is 0 Å². The normalized spacial score (nSPS) is 17.7. The smallest absolute Gasteiger partial charge is 0.263 e. The molecule has 0 aromatic heterocycles. The highest BCUT2D eigenvalue weighted by atomic mass is 16.5. The van der Waals surface area contributed by atoms with Crippen molar-refractivity contribution in [2.45, 2.75) is 65.1 Å². The second kappa shape index (κ2) is 9.64. The van der Waals surface area contributed by atoms with Gasteiger partial charge < -0.3 is 20.3 Å². The molecule has 2 atom stereocenters. The van der Waals surface area contributed by atoms with Gasteiger partial charge in [0.1, 0.15) is 11.3 Å². The molecule has 2 N–H and O–H groups in total. The molecule has 1 heterocycles. The Morgan fingerprint density at radius 2 is 1.97 bits per heavy atom. The Morgan fingerprint density at radius 3 is 2.55 bits per heavy atom. The molecule has 158 valence electrons. The number of hydrogen-bond donors (Lipinski definition) is 2. The Hall–Kier alpha value is -2.75. The maximum Gasteiger partial charge on any atom is 0.263 e. The van der Waals surface area contributed by atoms with Crippen molar-refractivity contribution >= 4 is 17.5 Å². The second-order valence-corrected chi connectivity index (χ2v) is 7.99. The van der Waals surface area contributed by atoms with Crippen LogP contribution in [-0.2, 0) is 9.59 Å². The summed E-state index contributed by atoms with van der Waals surface area (Å²) in [6.07, 6.45) is 0.991. The second-order valence-electron chi connectivity index (χ2n) is 7.99. The van der Waals surface area contributed by atoms with Crippen molar-refractivity contribution in [1.29, 1.82) is 5.26 Å². The van der Waals surface area contributed by atoms with E-state index in [9.17, 15) is 14.9 Å². The number of ether oxygens (including phenoxy) is 1. The maximum absolute atomic E-state index is 12.7. The van der Waals surface area contributed by atoms with Crippen LogP contribution >= 0.6 is 0 Å². The van der Waals surface area contributed by atoms with Crippen LogP contribution in [0, 0.1) is 17.2 Å². The van der Waals surface area contributed by atoms with Crippen molar-refractivity contribution in [2.24, 2.45) is 5.92 Å². The number of fused-ring (bicyclic) bond motifs is 1. The molecule has 0 bridgehead atoms. The Morgan fingerprint density at radius 1 is 1.31 bits per heavy atom. The number of benzene rings is 1. The predicted octanol–water partition coefficient (Wildman–Crippen LogP) is 2.61. The molecule has 0 saturated heterocycles. The molecule has 7 nitrogen and oxygen atoms in total. The van der Waals surface area contributed by atoms with E-state index in [2.05, 4.69) is 16.7 Å². The molecule has 0 saturated carbocycles. The molecular formula is C22H32N4O3. The summed E-state index contributed by atoms with van der Waals surface area (Å²) in [4.78, 5) is 27.3. The molecule has 0 aliphatic carbocycles. The van der Waals surface area contributed by atoms with Crippen LogP contribution in [0.3, 0.4) is 0 Å². The highest BCUT2D eigenvalue weighted by Gasteiger charge is 2.34. The van der Waals surface area contributed by atoms with E-state index < -0.39 is 11.6 Å². The molecule has 2 amide bonds. The minimum Gasteiger partial charge on any atom is -0.477 e. The van der Waals surface area contributed by atoms with Crippen LogP contribution < -0.4 is 20.3 Å². The fourth-order valence-electron chi connectivity index (χ4n) is 3.18. The van der Waals surface area contributed by atoms with Gasteiger partial charge in [0.05, 0.1) is 24.8 Å². The number of anilines is 1. The Kier molecular flexibility index (Phi) is 7.49. The van der Waals surface area contributed by atoms with Gasteiger partial charge in [-0.3, -0.25) is 9.59 Å². The topological polar surface area (TPSA) is 94.5 Å². The molecular weight excluding hydrogens is 368 g/mol. The van der Waals surface area contributed by atoms with Gasteiger partial charge in [0.25, 0.3) is 5.91 Å². The number of carbonyl (C=O) groups is 2. The highest BCUT2D eigenvalue weighted by molar-refractivity contribution is 5.86. The molecule has 7 heteroatoms. The first-order valence-corrected chi connectivity index (χ1v) is 10.3. The van der Waals surface area contributed by atoms with Gasteiger partial charge in [-0.25, -0.2) is 0 Å². The summed E-state index contributed by atoms with van der Waals surface area (Å²) in [5.41, 5.74) is -0.188. The van der Waals surface area contributed by atoms with Gasteiger partial charge in [0, 0.05) is 6.04 Å². The van der Waals surface area contributed by atoms with Gasteiger partial charge >= 0.3 is 0 Å². The molecule has 0 radical (unpaired) electrons. The third-order valence-corrected chi connectivity index (χ3v) is 5.61. The van der Waals surface area contributed by atoms with Crippen molar-refractivity contribution in [2.75, 3.05) is 18.0 Å². The highest BCUT2D eigenvalue weighted by Crippen LogP contribution is 2.33. The minimum absolute atomic E-state index is 0.0352. The number of nitrogens with one attached hydrogen (secondary N) is 2. The third-order valence-electron chi connectivity index (χ3n) is 5.61. The third kappa shape index (κ3) is 5.41. The zero-order valence-electron chi connectivity index (χ0n) is 18.0. The molecule has 0 fully saturated rings. The van der Waals surface area contributed by atoms with E-state index in [4.69, 9.17) is 4.74 Å². The van der Waals surface area contributed by atoms with E-state index in [0.29, 0.717) is 5.75 Å². The van der Waals surface area contributed by atoms with Crippen molar-refractivity contribution in [3.63, 3.8) is 0 Å². The number of amides is 2. The molecule has 29 heavy (non-hydrogen) atoms. The predicted molar refractivity (Wildman–Crippen MR) is 113 cm³/mol. The summed E-state index contributed by atoms with van der Waals surface area (Å²) in [6, 6.07) is 9.65. The van der Waals surface area contributed by atoms with Crippen molar-refractivity contribution < 1.29 is 14.3 Å². The molecule has 1 aromatic carbocycles. The number of carbonyl (C=O) groups excluding carboxylic acids is 2. The SMILES string of the molecule is CCC(CC)NC(=O)C1CN(CC(=O)NC(C)(C#N)C(C)C)c2ccccc2O1. The lowest BCUT2D eigenvalue weighted by atomic mass is 9.90. The van der Waals surface area contributed by atoms with Gasteiger partial charge in [-0.2, -0.15) is 5.26 Å². The van der Waals surface area contributed by atoms with E-state index in [0.717, 1.165) is 18.5 Å². The van der Waals surface area contributed by atoms with Gasteiger partial charge in [-0.15, -0.1) is 0 Å². The van der Waals surface area contributed by atoms with Crippen LogP contribution in [0.15, 0.2) is 24.3 Å². The van der Waals surface area contributed by atoms with E-state index in [1.54, 1.807) is 13.0 Å². The van der Waals surface area contributed by atoms with Crippen LogP contribution in [0.25, 0.3) is 0 Å². The summed E-state index contributed by atoms with van der Waals surface area (Å²) in [6.45, 7) is 9.87. The van der Waals surface area contributed by atoms with Gasteiger partial charge in [-0.05, 0) is 37.8 Å². The number of nitriles is 1. The molecule has 1 aliphatic heterocycles. The van der Waals surface area contributed by atoms with E-state index in [1.165, 1.54) is 0 Å². The van der Waals surface area contributed by atoms with Gasteiger partial charge in [0.15, 0.2) is 6.10 Å². The first-order chi connectivity index (χ1) is 13.7. The Balaban J connectivity index is 2.17. The summed E-state index contributed by atoms with van der Waals surface area (Å²) < 4.78 is 5.92. The number of para-hydroxylation sites is 2. The Labute approximate surface area is 173 Å². The van der Waals surface area contributed by atoms with Crippen LogP contribution in [0.2, 0.25) is 0 Å². The lowest BCUT2D eigenvalue weighted by molar-refractivity contribution is -0.129. The van der Waals surface area contributed by atoms with E-state index in [1.807, 2.05) is 50.8 Å². The average Bonchev–Trinajstić information content (AvgIpc) is 2.71. The monoisotopic (exact) mass is 400 g/mol. The molecule has 1 aromatic rings. The first-order valence-electron chi connectivity index (χ1n) is 10.3. The summed E-state index contributed by atoms with van der Waals surface area (Å²) in [7, 11) is 0. The van der Waals surface area contributed by atoms with Gasteiger partial charge in [-0.1, -0.05) is 39.8 Å². The summed E-state index contributed by atoms with van der Waals surface area (Å²) in [5.74, 6) is 0.0939. The molecule has 1 aliphatic rings. The number of rotatable bonds is 8. The quantitative estimate of drug-likeness (QED) is 0.699. The first kappa shape index (κ1) is 22.5. The number of nitrogens with zero attached hydrogens (tertiary/aromatic N) is 2. The lowest BCUT2D eigenvalue weighted by Crippen LogP contribution is -2.55. The van der Waals surface area contributed by atoms with Crippen LogP contribution in [0.4, 0.5) is 5.69 Å². The van der Waals surface area contributed by atoms with Gasteiger partial charge in [0.2, 0.25) is 5.91 Å². The zero-order valence-corrected chi connectivity index (χ0v) is 18.0. The van der Waals surface area contributed by atoms with E-state index in [-0.39, 0.29) is 36.9 Å². The lowest BCUT2D eigenvalue weighted by Gasteiger charge is -2.36.